The highest BCUT2D eigenvalue weighted by molar-refractivity contribution is 9.10. The van der Waals surface area contributed by atoms with E-state index >= 15 is 0 Å². The van der Waals surface area contributed by atoms with Crippen molar-refractivity contribution in [3.8, 4) is 5.13 Å². The van der Waals surface area contributed by atoms with Gasteiger partial charge in [0.2, 0.25) is 11.0 Å². The lowest BCUT2D eigenvalue weighted by Gasteiger charge is -2.24. The number of hydrogen-bond donors (Lipinski definition) is 1. The van der Waals surface area contributed by atoms with Crippen molar-refractivity contribution < 1.29 is 4.79 Å². The molecule has 0 bridgehead atoms. The Morgan fingerprint density at radius 3 is 2.81 bits per heavy atom. The fraction of sp³-hybridized carbons (Fsp3) is 0.174. The molecule has 0 spiro atoms. The summed E-state index contributed by atoms with van der Waals surface area (Å²) in [5.41, 5.74) is 4.18. The first-order valence-electron chi connectivity index (χ1n) is 9.93. The van der Waals surface area contributed by atoms with E-state index in [0.29, 0.717) is 6.42 Å². The third-order valence-corrected chi connectivity index (χ3v) is 8.38. The van der Waals surface area contributed by atoms with E-state index in [-0.39, 0.29) is 11.8 Å². The summed E-state index contributed by atoms with van der Waals surface area (Å²) in [5.74, 6) is 0.737. The molecule has 0 saturated carbocycles. The first-order valence-corrected chi connectivity index (χ1v) is 12.4. The Kier molecular flexibility index (Phi) is 4.31. The van der Waals surface area contributed by atoms with Gasteiger partial charge in [0.1, 0.15) is 5.82 Å². The predicted octanol–water partition coefficient (Wildman–Crippen LogP) is 6.55. The van der Waals surface area contributed by atoms with Crippen LogP contribution in [0.1, 0.15) is 34.0 Å². The van der Waals surface area contributed by atoms with E-state index in [2.05, 4.69) is 58.5 Å². The largest absolute Gasteiger partial charge is 0.310 e. The van der Waals surface area contributed by atoms with Gasteiger partial charge in [-0.25, -0.2) is 4.98 Å². The minimum absolute atomic E-state index is 0.0113. The molecule has 4 heterocycles. The maximum absolute atomic E-state index is 12.8. The summed E-state index contributed by atoms with van der Waals surface area (Å²) in [7, 11) is 0. The van der Waals surface area contributed by atoms with Crippen LogP contribution in [0.5, 0.6) is 0 Å². The van der Waals surface area contributed by atoms with E-state index in [1.165, 1.54) is 20.5 Å². The molecule has 6 rings (SSSR count). The molecule has 0 aliphatic carbocycles. The molecule has 5 aromatic rings. The van der Waals surface area contributed by atoms with Crippen LogP contribution in [0.4, 0.5) is 5.82 Å². The van der Waals surface area contributed by atoms with Gasteiger partial charge in [-0.05, 0) is 49.1 Å². The second kappa shape index (κ2) is 6.98. The smallest absolute Gasteiger partial charge is 0.226 e. The Hall–Kier alpha value is -2.55. The highest BCUT2D eigenvalue weighted by Gasteiger charge is 2.35. The first kappa shape index (κ1) is 19.2. The van der Waals surface area contributed by atoms with Crippen molar-refractivity contribution >= 4 is 70.6 Å². The number of aryl methyl sites for hydroxylation is 2. The molecule has 1 amide bonds. The van der Waals surface area contributed by atoms with Crippen molar-refractivity contribution in [3.63, 3.8) is 0 Å². The number of nitrogens with zero attached hydrogens (tertiary/aromatic N) is 3. The van der Waals surface area contributed by atoms with E-state index in [1.807, 2.05) is 19.1 Å². The van der Waals surface area contributed by atoms with Crippen molar-refractivity contribution in [1.29, 1.82) is 0 Å². The number of halogens is 1. The number of amides is 1. The number of thiophene rings is 1. The molecular weight excluding hydrogens is 492 g/mol. The van der Waals surface area contributed by atoms with Crippen molar-refractivity contribution in [3.05, 3.63) is 68.6 Å². The molecule has 31 heavy (non-hydrogen) atoms. The Balaban J connectivity index is 1.56. The Labute approximate surface area is 194 Å². The number of carbonyl (C=O) groups excluding carboxylic acids is 1. The molecule has 1 aliphatic heterocycles. The van der Waals surface area contributed by atoms with Gasteiger partial charge in [-0.2, -0.15) is 9.78 Å². The highest BCUT2D eigenvalue weighted by atomic mass is 79.9. The maximum Gasteiger partial charge on any atom is 0.226 e. The van der Waals surface area contributed by atoms with Gasteiger partial charge in [0.15, 0.2) is 0 Å². The molecule has 8 heteroatoms. The van der Waals surface area contributed by atoms with Crippen LogP contribution in [0.3, 0.4) is 0 Å². The van der Waals surface area contributed by atoms with E-state index < -0.39 is 0 Å². The van der Waals surface area contributed by atoms with Gasteiger partial charge in [-0.3, -0.25) is 4.79 Å². The summed E-state index contributed by atoms with van der Waals surface area (Å²) in [5, 5.41) is 9.90. The number of fused-ring (bicyclic) bond motifs is 3. The summed E-state index contributed by atoms with van der Waals surface area (Å²) in [4.78, 5) is 18.8. The minimum atomic E-state index is -0.0165. The fourth-order valence-corrected chi connectivity index (χ4v) is 7.13. The zero-order valence-corrected chi connectivity index (χ0v) is 20.0. The van der Waals surface area contributed by atoms with Crippen LogP contribution >= 0.6 is 38.6 Å². The van der Waals surface area contributed by atoms with E-state index in [0.717, 1.165) is 36.9 Å². The quantitative estimate of drug-likeness (QED) is 0.294. The SMILES string of the molecule is Cc1nn(-c2nc3ccc(Br)cc3s2)c2c1[C@H](c1c(C)sc3ccccc13)CC(=O)N2. The van der Waals surface area contributed by atoms with Gasteiger partial charge in [-0.15, -0.1) is 11.3 Å². The van der Waals surface area contributed by atoms with Gasteiger partial charge in [0, 0.05) is 32.0 Å². The number of benzene rings is 2. The van der Waals surface area contributed by atoms with Crippen molar-refractivity contribution in [2.75, 3.05) is 5.32 Å². The standard InChI is InChI=1S/C23H17BrN4OS2/c1-11-20-15(21-12(2)30-17-6-4-3-5-14(17)21)10-19(29)26-22(20)28(27-11)23-25-16-8-7-13(24)9-18(16)31-23/h3-9,15H,10H2,1-2H3,(H,26,29)/t15-/m1/s1. The molecule has 1 atom stereocenters. The zero-order valence-electron chi connectivity index (χ0n) is 16.8. The van der Waals surface area contributed by atoms with Crippen LogP contribution in [0.15, 0.2) is 46.9 Å². The van der Waals surface area contributed by atoms with E-state index in [1.54, 1.807) is 27.4 Å². The van der Waals surface area contributed by atoms with Crippen LogP contribution in [0, 0.1) is 13.8 Å². The minimum Gasteiger partial charge on any atom is -0.310 e. The first-order chi connectivity index (χ1) is 15.0. The van der Waals surface area contributed by atoms with Gasteiger partial charge in [0.25, 0.3) is 0 Å². The van der Waals surface area contributed by atoms with Crippen LogP contribution in [0.25, 0.3) is 25.4 Å². The molecule has 5 nitrogen and oxygen atoms in total. The number of anilines is 1. The molecule has 1 N–H and O–H groups in total. The number of thiazole rings is 1. The Morgan fingerprint density at radius 1 is 1.10 bits per heavy atom. The summed E-state index contributed by atoms with van der Waals surface area (Å²) in [6.45, 7) is 4.17. The summed E-state index contributed by atoms with van der Waals surface area (Å²) in [6.07, 6.45) is 0.424. The van der Waals surface area contributed by atoms with Crippen LogP contribution in [-0.4, -0.2) is 20.7 Å². The van der Waals surface area contributed by atoms with Crippen LogP contribution < -0.4 is 5.32 Å². The van der Waals surface area contributed by atoms with Gasteiger partial charge < -0.3 is 5.32 Å². The Bertz CT molecular complexity index is 1510. The van der Waals surface area contributed by atoms with Crippen molar-refractivity contribution in [2.24, 2.45) is 0 Å². The van der Waals surface area contributed by atoms with Crippen LogP contribution in [-0.2, 0) is 4.79 Å². The van der Waals surface area contributed by atoms with Crippen molar-refractivity contribution in [2.45, 2.75) is 26.2 Å². The summed E-state index contributed by atoms with van der Waals surface area (Å²) in [6, 6.07) is 14.5. The number of rotatable bonds is 2. The van der Waals surface area contributed by atoms with E-state index in [4.69, 9.17) is 10.1 Å². The number of carbonyl (C=O) groups is 1. The summed E-state index contributed by atoms with van der Waals surface area (Å²) >= 11 is 6.88. The fourth-order valence-electron chi connectivity index (χ4n) is 4.53. The normalized spacial score (nSPS) is 16.1. The summed E-state index contributed by atoms with van der Waals surface area (Å²) < 4.78 is 5.15. The number of aromatic nitrogens is 3. The van der Waals surface area contributed by atoms with E-state index in [9.17, 15) is 4.79 Å². The molecule has 3 aromatic heterocycles. The molecular formula is C23H17BrN4OS2. The molecule has 0 fully saturated rings. The third-order valence-electron chi connectivity index (χ3n) is 5.79. The van der Waals surface area contributed by atoms with Gasteiger partial charge >= 0.3 is 0 Å². The molecule has 0 radical (unpaired) electrons. The molecule has 0 saturated heterocycles. The lowest BCUT2D eigenvalue weighted by molar-refractivity contribution is -0.116. The topological polar surface area (TPSA) is 59.8 Å². The van der Waals surface area contributed by atoms with Crippen LogP contribution in [0.2, 0.25) is 0 Å². The van der Waals surface area contributed by atoms with Gasteiger partial charge in [-0.1, -0.05) is 45.5 Å². The average molecular weight is 509 g/mol. The zero-order chi connectivity index (χ0) is 21.3. The Morgan fingerprint density at radius 2 is 1.94 bits per heavy atom. The second-order valence-corrected chi connectivity index (χ2v) is 10.9. The molecule has 1 aliphatic rings. The molecule has 0 unspecified atom stereocenters. The maximum atomic E-state index is 12.8. The van der Waals surface area contributed by atoms with Gasteiger partial charge in [0.05, 0.1) is 15.9 Å². The number of hydrogen-bond acceptors (Lipinski definition) is 5. The second-order valence-electron chi connectivity index (χ2n) is 7.74. The predicted molar refractivity (Wildman–Crippen MR) is 131 cm³/mol. The molecule has 154 valence electrons. The monoisotopic (exact) mass is 508 g/mol. The highest BCUT2D eigenvalue weighted by Crippen LogP contribution is 2.46. The van der Waals surface area contributed by atoms with Crippen molar-refractivity contribution in [1.82, 2.24) is 14.8 Å². The lowest BCUT2D eigenvalue weighted by Crippen LogP contribution is -2.25. The lowest BCUT2D eigenvalue weighted by atomic mass is 9.84. The average Bonchev–Trinajstić information content (AvgIpc) is 3.39. The number of nitrogens with one attached hydrogen (secondary N) is 1. The third kappa shape index (κ3) is 2.96. The molecule has 2 aromatic carbocycles.